The summed E-state index contributed by atoms with van der Waals surface area (Å²) >= 11 is 0. The summed E-state index contributed by atoms with van der Waals surface area (Å²) in [6.45, 7) is 1.82. The topological polar surface area (TPSA) is 83.6 Å². The molecule has 1 heterocycles. The molecule has 1 aliphatic rings. The van der Waals surface area contributed by atoms with Crippen molar-refractivity contribution in [3.05, 3.63) is 5.82 Å². The van der Waals surface area contributed by atoms with Crippen LogP contribution in [-0.4, -0.2) is 26.5 Å². The predicted octanol–water partition coefficient (Wildman–Crippen LogP) is -0.285. The van der Waals surface area contributed by atoms with Crippen LogP contribution in [0.1, 0.15) is 32.0 Å². The first-order valence-corrected chi connectivity index (χ1v) is 4.32. The average molecular weight is 181 g/mol. The van der Waals surface area contributed by atoms with E-state index in [4.69, 9.17) is 0 Å². The van der Waals surface area contributed by atoms with Crippen LogP contribution in [0.3, 0.4) is 0 Å². The maximum absolute atomic E-state index is 11.2. The number of nitrogens with zero attached hydrogens (tertiary/aromatic N) is 3. The number of amides is 1. The molecule has 0 saturated heterocycles. The van der Waals surface area contributed by atoms with Crippen molar-refractivity contribution < 1.29 is 4.79 Å². The van der Waals surface area contributed by atoms with Gasteiger partial charge in [-0.15, -0.1) is 10.2 Å². The van der Waals surface area contributed by atoms with Gasteiger partial charge in [0.2, 0.25) is 5.91 Å². The van der Waals surface area contributed by atoms with Crippen LogP contribution in [0.25, 0.3) is 0 Å². The third kappa shape index (κ3) is 1.39. The van der Waals surface area contributed by atoms with Gasteiger partial charge in [0.25, 0.3) is 0 Å². The summed E-state index contributed by atoms with van der Waals surface area (Å²) in [5, 5.41) is 16.5. The largest absolute Gasteiger partial charge is 0.343 e. The lowest BCUT2D eigenvalue weighted by molar-refractivity contribution is -0.121. The summed E-state index contributed by atoms with van der Waals surface area (Å²) in [6.07, 6.45) is 2.29. The Labute approximate surface area is 75.1 Å². The molecule has 1 amide bonds. The number of hydrogen-bond acceptors (Lipinski definition) is 4. The van der Waals surface area contributed by atoms with E-state index >= 15 is 0 Å². The molecular formula is C7H11N5O. The Morgan fingerprint density at radius 2 is 2.46 bits per heavy atom. The third-order valence-electron chi connectivity index (χ3n) is 2.22. The highest BCUT2D eigenvalue weighted by molar-refractivity contribution is 5.77. The summed E-state index contributed by atoms with van der Waals surface area (Å²) in [7, 11) is 0. The zero-order valence-electron chi connectivity index (χ0n) is 7.37. The lowest BCUT2D eigenvalue weighted by Crippen LogP contribution is -2.35. The second-order valence-electron chi connectivity index (χ2n) is 3.22. The van der Waals surface area contributed by atoms with Crippen LogP contribution in [0, 0.1) is 0 Å². The van der Waals surface area contributed by atoms with Crippen LogP contribution >= 0.6 is 0 Å². The predicted molar refractivity (Wildman–Crippen MR) is 43.5 cm³/mol. The number of hydrogen-bond donors (Lipinski definition) is 2. The number of carbonyl (C=O) groups is 1. The van der Waals surface area contributed by atoms with Crippen LogP contribution in [0.5, 0.6) is 0 Å². The van der Waals surface area contributed by atoms with Crippen molar-refractivity contribution in [2.45, 2.75) is 31.7 Å². The molecule has 13 heavy (non-hydrogen) atoms. The van der Waals surface area contributed by atoms with Gasteiger partial charge in [-0.25, -0.2) is 0 Å². The SMILES string of the molecule is CCC(=O)NC1(c2nn[nH]n2)CC1. The van der Waals surface area contributed by atoms with E-state index in [0.717, 1.165) is 12.8 Å². The van der Waals surface area contributed by atoms with Gasteiger partial charge in [-0.1, -0.05) is 12.1 Å². The molecule has 1 aliphatic carbocycles. The summed E-state index contributed by atoms with van der Waals surface area (Å²) in [6, 6.07) is 0. The molecule has 70 valence electrons. The lowest BCUT2D eigenvalue weighted by Gasteiger charge is -2.11. The number of H-pyrrole nitrogens is 1. The molecule has 0 bridgehead atoms. The summed E-state index contributed by atoms with van der Waals surface area (Å²) < 4.78 is 0. The monoisotopic (exact) mass is 181 g/mol. The van der Waals surface area contributed by atoms with Crippen LogP contribution < -0.4 is 5.32 Å². The first kappa shape index (κ1) is 8.15. The van der Waals surface area contributed by atoms with Crippen molar-refractivity contribution in [2.24, 2.45) is 0 Å². The van der Waals surface area contributed by atoms with Gasteiger partial charge in [0.15, 0.2) is 5.82 Å². The minimum atomic E-state index is -0.319. The van der Waals surface area contributed by atoms with Gasteiger partial charge in [0.05, 0.1) is 0 Å². The van der Waals surface area contributed by atoms with E-state index in [1.54, 1.807) is 0 Å². The molecular weight excluding hydrogens is 170 g/mol. The molecule has 0 aromatic carbocycles. The van der Waals surface area contributed by atoms with E-state index in [0.29, 0.717) is 12.2 Å². The average Bonchev–Trinajstić information content (AvgIpc) is 2.70. The van der Waals surface area contributed by atoms with Gasteiger partial charge in [-0.05, 0) is 12.8 Å². The van der Waals surface area contributed by atoms with Crippen molar-refractivity contribution in [3.8, 4) is 0 Å². The fourth-order valence-corrected chi connectivity index (χ4v) is 1.25. The zero-order valence-corrected chi connectivity index (χ0v) is 7.37. The molecule has 6 heteroatoms. The second-order valence-corrected chi connectivity index (χ2v) is 3.22. The van der Waals surface area contributed by atoms with Crippen molar-refractivity contribution >= 4 is 5.91 Å². The van der Waals surface area contributed by atoms with Gasteiger partial charge in [-0.2, -0.15) is 5.21 Å². The Morgan fingerprint density at radius 1 is 1.69 bits per heavy atom. The van der Waals surface area contributed by atoms with Crippen molar-refractivity contribution in [2.75, 3.05) is 0 Å². The second kappa shape index (κ2) is 2.79. The minimum absolute atomic E-state index is 0.0299. The van der Waals surface area contributed by atoms with E-state index < -0.39 is 0 Å². The fraction of sp³-hybridized carbons (Fsp3) is 0.714. The Kier molecular flexibility index (Phi) is 1.75. The van der Waals surface area contributed by atoms with Gasteiger partial charge in [0.1, 0.15) is 5.54 Å². The van der Waals surface area contributed by atoms with E-state index in [2.05, 4.69) is 25.9 Å². The first-order chi connectivity index (χ1) is 6.27. The first-order valence-electron chi connectivity index (χ1n) is 4.32. The molecule has 0 aliphatic heterocycles. The maximum Gasteiger partial charge on any atom is 0.220 e. The number of rotatable bonds is 3. The van der Waals surface area contributed by atoms with E-state index in [1.807, 2.05) is 6.92 Å². The van der Waals surface area contributed by atoms with Crippen LogP contribution in [-0.2, 0) is 10.3 Å². The molecule has 1 aromatic heterocycles. The third-order valence-corrected chi connectivity index (χ3v) is 2.22. The number of carbonyl (C=O) groups excluding carboxylic acids is 1. The van der Waals surface area contributed by atoms with E-state index in [-0.39, 0.29) is 11.4 Å². The van der Waals surface area contributed by atoms with Gasteiger partial charge < -0.3 is 5.32 Å². The number of aromatic nitrogens is 4. The highest BCUT2D eigenvalue weighted by Gasteiger charge is 2.49. The molecule has 0 spiro atoms. The lowest BCUT2D eigenvalue weighted by atomic mass is 10.2. The molecule has 1 fully saturated rings. The summed E-state index contributed by atoms with van der Waals surface area (Å²) in [4.78, 5) is 11.2. The quantitative estimate of drug-likeness (QED) is 0.671. The molecule has 0 unspecified atom stereocenters. The Morgan fingerprint density at radius 3 is 2.92 bits per heavy atom. The molecule has 2 rings (SSSR count). The van der Waals surface area contributed by atoms with E-state index in [1.165, 1.54) is 0 Å². The molecule has 0 radical (unpaired) electrons. The van der Waals surface area contributed by atoms with Crippen molar-refractivity contribution in [1.82, 2.24) is 25.9 Å². The zero-order chi connectivity index (χ0) is 9.31. The Bertz CT molecular complexity index is 303. The van der Waals surface area contributed by atoms with Crippen LogP contribution in [0.4, 0.5) is 0 Å². The standard InChI is InChI=1S/C7H11N5O/c1-2-5(13)8-7(3-4-7)6-9-11-12-10-6/h2-4H2,1H3,(H,8,13)(H,9,10,11,12). The van der Waals surface area contributed by atoms with Gasteiger partial charge >= 0.3 is 0 Å². The summed E-state index contributed by atoms with van der Waals surface area (Å²) in [5.41, 5.74) is -0.319. The molecule has 2 N–H and O–H groups in total. The molecule has 0 atom stereocenters. The van der Waals surface area contributed by atoms with Crippen LogP contribution in [0.15, 0.2) is 0 Å². The van der Waals surface area contributed by atoms with E-state index in [9.17, 15) is 4.79 Å². The normalized spacial score (nSPS) is 18.2. The van der Waals surface area contributed by atoms with Gasteiger partial charge in [0, 0.05) is 6.42 Å². The number of nitrogens with one attached hydrogen (secondary N) is 2. The fourth-order valence-electron chi connectivity index (χ4n) is 1.25. The van der Waals surface area contributed by atoms with Crippen molar-refractivity contribution in [3.63, 3.8) is 0 Å². The highest BCUT2D eigenvalue weighted by atomic mass is 16.1. The number of tetrazole rings is 1. The molecule has 1 saturated carbocycles. The highest BCUT2D eigenvalue weighted by Crippen LogP contribution is 2.43. The molecule has 6 nitrogen and oxygen atoms in total. The minimum Gasteiger partial charge on any atom is -0.343 e. The molecule has 1 aromatic rings. The Balaban J connectivity index is 2.10. The van der Waals surface area contributed by atoms with Crippen molar-refractivity contribution in [1.29, 1.82) is 0 Å². The smallest absolute Gasteiger partial charge is 0.220 e. The number of aromatic amines is 1. The van der Waals surface area contributed by atoms with Crippen LogP contribution in [0.2, 0.25) is 0 Å². The summed E-state index contributed by atoms with van der Waals surface area (Å²) in [5.74, 6) is 0.622. The Hall–Kier alpha value is -1.46. The van der Waals surface area contributed by atoms with Gasteiger partial charge in [-0.3, -0.25) is 4.79 Å². The maximum atomic E-state index is 11.2.